The molecule has 0 radical (unpaired) electrons. The summed E-state index contributed by atoms with van der Waals surface area (Å²) in [4.78, 5) is 19.6. The summed E-state index contributed by atoms with van der Waals surface area (Å²) in [5.74, 6) is 1.74. The van der Waals surface area contributed by atoms with Crippen molar-refractivity contribution in [3.8, 4) is 0 Å². The summed E-state index contributed by atoms with van der Waals surface area (Å²) in [6, 6.07) is 11.4. The van der Waals surface area contributed by atoms with Crippen molar-refractivity contribution in [1.29, 1.82) is 0 Å². The molecule has 168 valence electrons. The molecule has 2 aromatic rings. The lowest BCUT2D eigenvalue weighted by atomic mass is 9.78. The van der Waals surface area contributed by atoms with E-state index in [1.54, 1.807) is 0 Å². The Morgan fingerprint density at radius 1 is 1.16 bits per heavy atom. The predicted octanol–water partition coefficient (Wildman–Crippen LogP) is 3.94. The van der Waals surface area contributed by atoms with Gasteiger partial charge in [-0.15, -0.1) is 0 Å². The second kappa shape index (κ2) is 9.51. The minimum Gasteiger partial charge on any atom is -0.353 e. The van der Waals surface area contributed by atoms with Gasteiger partial charge in [0.1, 0.15) is 11.6 Å². The summed E-state index contributed by atoms with van der Waals surface area (Å²) in [5, 5.41) is 7.69. The lowest BCUT2D eigenvalue weighted by Crippen LogP contribution is -2.48. The van der Waals surface area contributed by atoms with Crippen LogP contribution in [0.25, 0.3) is 0 Å². The maximum atomic E-state index is 12.6. The number of nitrogens with zero attached hydrogens (tertiary/aromatic N) is 4. The Hall–Kier alpha value is -2.21. The Morgan fingerprint density at radius 2 is 1.84 bits per heavy atom. The molecule has 0 bridgehead atoms. The van der Waals surface area contributed by atoms with Crippen molar-refractivity contribution < 1.29 is 4.79 Å². The number of carbonyl (C=O) groups is 1. The molecule has 0 spiro atoms. The van der Waals surface area contributed by atoms with Crippen molar-refractivity contribution in [3.05, 3.63) is 47.5 Å². The van der Waals surface area contributed by atoms with Crippen molar-refractivity contribution in [1.82, 2.24) is 25.0 Å². The fraction of sp³-hybridized carbons (Fsp3) is 0.640. The van der Waals surface area contributed by atoms with E-state index in [-0.39, 0.29) is 18.0 Å². The molecule has 1 aromatic carbocycles. The topological polar surface area (TPSA) is 63.1 Å². The summed E-state index contributed by atoms with van der Waals surface area (Å²) in [6.45, 7) is 9.15. The van der Waals surface area contributed by atoms with E-state index in [1.165, 1.54) is 31.2 Å². The Balaban J connectivity index is 1.27. The van der Waals surface area contributed by atoms with Gasteiger partial charge in [0, 0.05) is 37.5 Å². The van der Waals surface area contributed by atoms with Crippen LogP contribution in [-0.2, 0) is 10.2 Å². The molecule has 1 atom stereocenters. The molecule has 6 heteroatoms. The van der Waals surface area contributed by atoms with E-state index in [0.717, 1.165) is 44.1 Å². The highest BCUT2D eigenvalue weighted by molar-refractivity contribution is 5.76. The zero-order chi connectivity index (χ0) is 21.8. The van der Waals surface area contributed by atoms with Gasteiger partial charge in [-0.1, -0.05) is 43.2 Å². The fourth-order valence-corrected chi connectivity index (χ4v) is 5.64. The first-order valence-corrected chi connectivity index (χ1v) is 11.9. The zero-order valence-corrected chi connectivity index (χ0v) is 19.3. The van der Waals surface area contributed by atoms with E-state index in [0.29, 0.717) is 11.8 Å². The van der Waals surface area contributed by atoms with Gasteiger partial charge in [-0.05, 0) is 52.0 Å². The zero-order valence-electron chi connectivity index (χ0n) is 19.3. The Kier molecular flexibility index (Phi) is 6.75. The number of aryl methyl sites for hydroxylation is 2. The molecule has 31 heavy (non-hydrogen) atoms. The van der Waals surface area contributed by atoms with Crippen LogP contribution in [0.2, 0.25) is 0 Å². The summed E-state index contributed by atoms with van der Waals surface area (Å²) in [5.41, 5.74) is 1.83. The molecule has 2 aliphatic rings. The summed E-state index contributed by atoms with van der Waals surface area (Å²) >= 11 is 0. The van der Waals surface area contributed by atoms with Crippen LogP contribution in [0, 0.1) is 13.8 Å². The molecular weight excluding hydrogens is 386 g/mol. The highest BCUT2D eigenvalue weighted by Crippen LogP contribution is 2.42. The van der Waals surface area contributed by atoms with Crippen LogP contribution in [-0.4, -0.2) is 51.2 Å². The Morgan fingerprint density at radius 3 is 2.45 bits per heavy atom. The van der Waals surface area contributed by atoms with Gasteiger partial charge < -0.3 is 10.2 Å². The number of likely N-dealkylation sites (tertiary alicyclic amines) is 1. The average Bonchev–Trinajstić information content (AvgIpc) is 3.36. The van der Waals surface area contributed by atoms with Crippen LogP contribution in [0.5, 0.6) is 0 Å². The van der Waals surface area contributed by atoms with E-state index < -0.39 is 0 Å². The van der Waals surface area contributed by atoms with Gasteiger partial charge in [0.15, 0.2) is 0 Å². The van der Waals surface area contributed by atoms with E-state index in [9.17, 15) is 4.79 Å². The van der Waals surface area contributed by atoms with Crippen molar-refractivity contribution in [3.63, 3.8) is 0 Å². The van der Waals surface area contributed by atoms with Crippen LogP contribution in [0.1, 0.15) is 75.1 Å². The van der Waals surface area contributed by atoms with E-state index in [1.807, 2.05) is 25.5 Å². The number of piperidine rings is 1. The second-order valence-corrected chi connectivity index (χ2v) is 9.68. The number of hydrogen-bond donors (Lipinski definition) is 1. The quantitative estimate of drug-likeness (QED) is 0.733. The van der Waals surface area contributed by atoms with Gasteiger partial charge >= 0.3 is 0 Å². The lowest BCUT2D eigenvalue weighted by molar-refractivity contribution is -0.122. The van der Waals surface area contributed by atoms with Crippen molar-refractivity contribution >= 4 is 5.91 Å². The van der Waals surface area contributed by atoms with Crippen molar-refractivity contribution in [2.24, 2.45) is 0 Å². The monoisotopic (exact) mass is 423 g/mol. The van der Waals surface area contributed by atoms with Crippen LogP contribution in [0.4, 0.5) is 0 Å². The van der Waals surface area contributed by atoms with E-state index >= 15 is 0 Å². The van der Waals surface area contributed by atoms with Crippen molar-refractivity contribution in [2.75, 3.05) is 19.6 Å². The fourth-order valence-electron chi connectivity index (χ4n) is 5.64. The smallest absolute Gasteiger partial charge is 0.222 e. The third-order valence-corrected chi connectivity index (χ3v) is 7.23. The molecule has 1 N–H and O–H groups in total. The number of nitrogens with one attached hydrogen (secondary N) is 1. The summed E-state index contributed by atoms with van der Waals surface area (Å²) in [6.07, 6.45) is 7.79. The third kappa shape index (κ3) is 5.17. The minimum absolute atomic E-state index is 0.0226. The average molecular weight is 424 g/mol. The molecule has 1 unspecified atom stereocenters. The van der Waals surface area contributed by atoms with E-state index in [4.69, 9.17) is 0 Å². The van der Waals surface area contributed by atoms with Crippen LogP contribution in [0.3, 0.4) is 0 Å². The molecule has 2 fully saturated rings. The molecular formula is C25H37N5O. The standard InChI is InChI=1S/C25H37N5O/c1-19(30-21(3)26-20(2)28-30)17-24(31)27-23-11-15-29(16-12-23)18-25(13-7-8-14-25)22-9-5-4-6-10-22/h4-6,9-10,19,23H,7-8,11-18H2,1-3H3,(H,27,31). The number of hydrogen-bond acceptors (Lipinski definition) is 4. The molecule has 1 aliphatic carbocycles. The van der Waals surface area contributed by atoms with Crippen molar-refractivity contribution in [2.45, 2.75) is 83.2 Å². The van der Waals surface area contributed by atoms with Gasteiger partial charge in [0.05, 0.1) is 6.04 Å². The first-order chi connectivity index (χ1) is 14.9. The number of benzene rings is 1. The molecule has 1 saturated heterocycles. The normalized spacial score (nSPS) is 20.6. The SMILES string of the molecule is Cc1nc(C)n(C(C)CC(=O)NC2CCN(CC3(c4ccccc4)CCCC3)CC2)n1. The van der Waals surface area contributed by atoms with Crippen LogP contribution >= 0.6 is 0 Å². The number of amides is 1. The lowest BCUT2D eigenvalue weighted by Gasteiger charge is -2.39. The van der Waals surface area contributed by atoms with E-state index in [2.05, 4.69) is 50.6 Å². The molecule has 2 heterocycles. The highest BCUT2D eigenvalue weighted by Gasteiger charge is 2.37. The Bertz CT molecular complexity index is 863. The Labute approximate surface area is 186 Å². The maximum Gasteiger partial charge on any atom is 0.222 e. The highest BCUT2D eigenvalue weighted by atomic mass is 16.1. The first kappa shape index (κ1) is 22.0. The van der Waals surface area contributed by atoms with Gasteiger partial charge in [-0.25, -0.2) is 9.67 Å². The number of rotatable bonds is 7. The summed E-state index contributed by atoms with van der Waals surface area (Å²) < 4.78 is 1.86. The van der Waals surface area contributed by atoms with Crippen LogP contribution < -0.4 is 5.32 Å². The summed E-state index contributed by atoms with van der Waals surface area (Å²) in [7, 11) is 0. The molecule has 4 rings (SSSR count). The van der Waals surface area contributed by atoms with Crippen LogP contribution in [0.15, 0.2) is 30.3 Å². The van der Waals surface area contributed by atoms with Gasteiger partial charge in [0.25, 0.3) is 0 Å². The predicted molar refractivity (Wildman–Crippen MR) is 123 cm³/mol. The molecule has 1 aliphatic heterocycles. The van der Waals surface area contributed by atoms with Gasteiger partial charge in [-0.3, -0.25) is 4.79 Å². The largest absolute Gasteiger partial charge is 0.353 e. The van der Waals surface area contributed by atoms with Gasteiger partial charge in [-0.2, -0.15) is 5.10 Å². The molecule has 1 amide bonds. The van der Waals surface area contributed by atoms with Gasteiger partial charge in [0.2, 0.25) is 5.91 Å². The second-order valence-electron chi connectivity index (χ2n) is 9.68. The number of carbonyl (C=O) groups excluding carboxylic acids is 1. The molecule has 6 nitrogen and oxygen atoms in total. The number of aromatic nitrogens is 3. The molecule has 1 aromatic heterocycles. The first-order valence-electron chi connectivity index (χ1n) is 11.9. The maximum absolute atomic E-state index is 12.6. The minimum atomic E-state index is 0.0226. The third-order valence-electron chi connectivity index (χ3n) is 7.23. The molecule has 1 saturated carbocycles.